The molecule has 1 aliphatic rings. The van der Waals surface area contributed by atoms with Gasteiger partial charge >= 0.3 is 0 Å². The number of nitrogens with zero attached hydrogens (tertiary/aromatic N) is 1. The van der Waals surface area contributed by atoms with Gasteiger partial charge in [-0.2, -0.15) is 0 Å². The standard InChI is InChI=1S/C11H19N3O3S2/c1-10(2)5-7(11(3,4)17-10)14-9-13-6-8(18-9)19(12,15)16/h6-7H,5H2,1-4H3,(H,13,14)(H2,12,15,16). The number of hydrogen-bond donors (Lipinski definition) is 2. The van der Waals surface area contributed by atoms with Gasteiger partial charge < -0.3 is 10.1 Å². The number of rotatable bonds is 3. The molecule has 1 aliphatic heterocycles. The van der Waals surface area contributed by atoms with E-state index in [0.717, 1.165) is 17.8 Å². The van der Waals surface area contributed by atoms with Gasteiger partial charge in [-0.05, 0) is 34.1 Å². The van der Waals surface area contributed by atoms with Crippen LogP contribution in [0.25, 0.3) is 0 Å². The summed E-state index contributed by atoms with van der Waals surface area (Å²) in [5.41, 5.74) is -0.544. The third-order valence-electron chi connectivity index (χ3n) is 3.14. The highest BCUT2D eigenvalue weighted by molar-refractivity contribution is 7.91. The van der Waals surface area contributed by atoms with E-state index in [0.29, 0.717) is 5.13 Å². The number of sulfonamides is 1. The summed E-state index contributed by atoms with van der Waals surface area (Å²) in [6.45, 7) is 8.09. The third kappa shape index (κ3) is 3.25. The first-order valence-corrected chi connectivity index (χ1v) is 8.31. The maximum absolute atomic E-state index is 11.2. The molecule has 0 aliphatic carbocycles. The Balaban J connectivity index is 2.16. The van der Waals surface area contributed by atoms with E-state index in [1.54, 1.807) is 0 Å². The van der Waals surface area contributed by atoms with Crippen LogP contribution >= 0.6 is 11.3 Å². The number of primary sulfonamides is 1. The monoisotopic (exact) mass is 305 g/mol. The van der Waals surface area contributed by atoms with Crippen molar-refractivity contribution in [2.75, 3.05) is 5.32 Å². The van der Waals surface area contributed by atoms with E-state index in [4.69, 9.17) is 9.88 Å². The summed E-state index contributed by atoms with van der Waals surface area (Å²) in [5.74, 6) is 0. The molecule has 8 heteroatoms. The molecule has 108 valence electrons. The van der Waals surface area contributed by atoms with Crippen LogP contribution in [-0.2, 0) is 14.8 Å². The summed E-state index contributed by atoms with van der Waals surface area (Å²) < 4.78 is 28.4. The van der Waals surface area contributed by atoms with Crippen molar-refractivity contribution >= 4 is 26.5 Å². The van der Waals surface area contributed by atoms with Crippen molar-refractivity contribution in [3.63, 3.8) is 0 Å². The summed E-state index contributed by atoms with van der Waals surface area (Å²) in [6, 6.07) is 0.0713. The Morgan fingerprint density at radius 1 is 1.47 bits per heavy atom. The molecule has 0 saturated carbocycles. The molecule has 19 heavy (non-hydrogen) atoms. The van der Waals surface area contributed by atoms with Crippen molar-refractivity contribution in [1.82, 2.24) is 4.98 Å². The van der Waals surface area contributed by atoms with Gasteiger partial charge in [-0.1, -0.05) is 11.3 Å². The van der Waals surface area contributed by atoms with Gasteiger partial charge in [0.15, 0.2) is 9.34 Å². The molecule has 1 saturated heterocycles. The normalized spacial score (nSPS) is 25.4. The van der Waals surface area contributed by atoms with E-state index in [2.05, 4.69) is 10.3 Å². The molecule has 0 aromatic carbocycles. The number of thiazole rings is 1. The van der Waals surface area contributed by atoms with Crippen molar-refractivity contribution in [2.24, 2.45) is 5.14 Å². The van der Waals surface area contributed by atoms with Gasteiger partial charge in [-0.25, -0.2) is 18.5 Å². The van der Waals surface area contributed by atoms with E-state index < -0.39 is 10.0 Å². The zero-order chi connectivity index (χ0) is 14.5. The molecule has 1 aromatic heterocycles. The Morgan fingerprint density at radius 3 is 2.53 bits per heavy atom. The Labute approximate surface area is 117 Å². The van der Waals surface area contributed by atoms with Crippen LogP contribution in [0.15, 0.2) is 10.4 Å². The summed E-state index contributed by atoms with van der Waals surface area (Å²) in [7, 11) is -3.68. The lowest BCUT2D eigenvalue weighted by atomic mass is 9.95. The predicted molar refractivity (Wildman–Crippen MR) is 74.8 cm³/mol. The zero-order valence-electron chi connectivity index (χ0n) is 11.4. The minimum Gasteiger partial charge on any atom is -0.367 e. The van der Waals surface area contributed by atoms with E-state index in [1.165, 1.54) is 6.20 Å². The number of aromatic nitrogens is 1. The highest BCUT2D eigenvalue weighted by Gasteiger charge is 2.46. The maximum atomic E-state index is 11.2. The Bertz CT molecular complexity index is 578. The molecule has 3 N–H and O–H groups in total. The molecular weight excluding hydrogens is 286 g/mol. The van der Waals surface area contributed by atoms with Gasteiger partial charge in [0.2, 0.25) is 10.0 Å². The fraction of sp³-hybridized carbons (Fsp3) is 0.727. The van der Waals surface area contributed by atoms with E-state index in [1.807, 2.05) is 27.7 Å². The highest BCUT2D eigenvalue weighted by Crippen LogP contribution is 2.39. The van der Waals surface area contributed by atoms with Crippen molar-refractivity contribution in [1.29, 1.82) is 0 Å². The first-order valence-electron chi connectivity index (χ1n) is 5.95. The molecule has 0 bridgehead atoms. The fourth-order valence-corrected chi connectivity index (χ4v) is 3.90. The maximum Gasteiger partial charge on any atom is 0.249 e. The van der Waals surface area contributed by atoms with Crippen molar-refractivity contribution in [3.05, 3.63) is 6.20 Å². The quantitative estimate of drug-likeness (QED) is 0.883. The predicted octanol–water partition coefficient (Wildman–Crippen LogP) is 1.55. The first-order chi connectivity index (χ1) is 8.50. The van der Waals surface area contributed by atoms with Crippen LogP contribution in [-0.4, -0.2) is 30.6 Å². The van der Waals surface area contributed by atoms with Gasteiger partial charge in [0, 0.05) is 0 Å². The average Bonchev–Trinajstić information content (AvgIpc) is 2.68. The summed E-state index contributed by atoms with van der Waals surface area (Å²) in [4.78, 5) is 4.05. The van der Waals surface area contributed by atoms with E-state index >= 15 is 0 Å². The van der Waals surface area contributed by atoms with Crippen molar-refractivity contribution < 1.29 is 13.2 Å². The lowest BCUT2D eigenvalue weighted by Crippen LogP contribution is -2.38. The Morgan fingerprint density at radius 2 is 2.11 bits per heavy atom. The third-order valence-corrected chi connectivity index (χ3v) is 5.47. The highest BCUT2D eigenvalue weighted by atomic mass is 32.2. The summed E-state index contributed by atoms with van der Waals surface area (Å²) >= 11 is 1.04. The first kappa shape index (κ1) is 14.7. The van der Waals surface area contributed by atoms with E-state index in [-0.39, 0.29) is 21.5 Å². The molecule has 6 nitrogen and oxygen atoms in total. The van der Waals surface area contributed by atoms with Crippen LogP contribution in [0.4, 0.5) is 5.13 Å². The van der Waals surface area contributed by atoms with E-state index in [9.17, 15) is 8.42 Å². The largest absolute Gasteiger partial charge is 0.367 e. The second-order valence-electron chi connectivity index (χ2n) is 5.90. The molecule has 0 amide bonds. The number of nitrogens with one attached hydrogen (secondary N) is 1. The molecule has 1 atom stereocenters. The molecule has 1 fully saturated rings. The van der Waals surface area contributed by atoms with Gasteiger partial charge in [0.25, 0.3) is 0 Å². The molecular formula is C11H19N3O3S2. The molecule has 0 radical (unpaired) electrons. The number of nitrogens with two attached hydrogens (primary N) is 1. The van der Waals surface area contributed by atoms with Crippen LogP contribution in [0.3, 0.4) is 0 Å². The molecule has 1 unspecified atom stereocenters. The van der Waals surface area contributed by atoms with Crippen molar-refractivity contribution in [3.8, 4) is 0 Å². The number of ether oxygens (including phenoxy) is 1. The fourth-order valence-electron chi connectivity index (χ4n) is 2.39. The van der Waals surface area contributed by atoms with Crippen LogP contribution in [0.5, 0.6) is 0 Å². The minimum absolute atomic E-state index is 0.0611. The second-order valence-corrected chi connectivity index (χ2v) is 8.71. The zero-order valence-corrected chi connectivity index (χ0v) is 13.1. The Hall–Kier alpha value is -0.700. The van der Waals surface area contributed by atoms with Crippen molar-refractivity contribution in [2.45, 2.75) is 55.6 Å². The van der Waals surface area contributed by atoms with Gasteiger partial charge in [0.05, 0.1) is 23.4 Å². The minimum atomic E-state index is -3.68. The lowest BCUT2D eigenvalue weighted by molar-refractivity contribution is -0.0662. The number of anilines is 1. The topological polar surface area (TPSA) is 94.3 Å². The molecule has 0 spiro atoms. The molecule has 1 aromatic rings. The molecule has 2 heterocycles. The van der Waals surface area contributed by atoms with Gasteiger partial charge in [-0.15, -0.1) is 0 Å². The second kappa shape index (κ2) is 4.41. The van der Waals surface area contributed by atoms with Crippen LogP contribution < -0.4 is 10.5 Å². The molecule has 2 rings (SSSR count). The van der Waals surface area contributed by atoms with Crippen LogP contribution in [0.2, 0.25) is 0 Å². The smallest absolute Gasteiger partial charge is 0.249 e. The Kier molecular flexibility index (Phi) is 3.41. The van der Waals surface area contributed by atoms with Gasteiger partial charge in [-0.3, -0.25) is 0 Å². The van der Waals surface area contributed by atoms with Crippen LogP contribution in [0.1, 0.15) is 34.1 Å². The number of hydrogen-bond acceptors (Lipinski definition) is 6. The van der Waals surface area contributed by atoms with Crippen LogP contribution in [0, 0.1) is 0 Å². The lowest BCUT2D eigenvalue weighted by Gasteiger charge is -2.27. The SMILES string of the molecule is CC1(C)CC(Nc2ncc(S(N)(=O)=O)s2)C(C)(C)O1. The average molecular weight is 305 g/mol. The summed E-state index contributed by atoms with van der Waals surface area (Å²) in [6.07, 6.45) is 2.10. The van der Waals surface area contributed by atoms with Gasteiger partial charge in [0.1, 0.15) is 0 Å². The summed E-state index contributed by atoms with van der Waals surface area (Å²) in [5, 5.41) is 8.85.